The van der Waals surface area contributed by atoms with Crippen LogP contribution in [0.4, 0.5) is 0 Å². The van der Waals surface area contributed by atoms with Crippen LogP contribution >= 0.6 is 0 Å². The van der Waals surface area contributed by atoms with E-state index in [2.05, 4.69) is 15.3 Å². The first-order valence-corrected chi connectivity index (χ1v) is 8.54. The molecule has 0 radical (unpaired) electrons. The number of imidazole rings is 1. The van der Waals surface area contributed by atoms with Crippen LogP contribution in [-0.4, -0.2) is 15.9 Å². The van der Waals surface area contributed by atoms with Gasteiger partial charge in [-0.2, -0.15) is 0 Å². The number of hydrogen-bond acceptors (Lipinski definition) is 3. The van der Waals surface area contributed by atoms with Crippen LogP contribution in [0.2, 0.25) is 0 Å². The smallest absolute Gasteiger partial charge is 0.287 e. The number of fused-ring (bicyclic) bond motifs is 1. The van der Waals surface area contributed by atoms with E-state index >= 15 is 0 Å². The Morgan fingerprint density at radius 3 is 2.65 bits per heavy atom. The number of para-hydroxylation sites is 1. The number of nitrogens with zero attached hydrogens (tertiary/aromatic N) is 1. The molecule has 0 saturated carbocycles. The van der Waals surface area contributed by atoms with Gasteiger partial charge in [0.1, 0.15) is 11.4 Å². The van der Waals surface area contributed by atoms with Crippen molar-refractivity contribution < 1.29 is 9.21 Å². The van der Waals surface area contributed by atoms with Crippen LogP contribution < -0.4 is 5.32 Å². The Kier molecular flexibility index (Phi) is 4.27. The van der Waals surface area contributed by atoms with Crippen molar-refractivity contribution in [3.63, 3.8) is 0 Å². The summed E-state index contributed by atoms with van der Waals surface area (Å²) in [7, 11) is 0. The maximum absolute atomic E-state index is 12.9. The topological polar surface area (TPSA) is 70.9 Å². The van der Waals surface area contributed by atoms with Crippen molar-refractivity contribution >= 4 is 16.9 Å². The SMILES string of the molecule is Cc1c(C(=O)NC(Cc2ncc[nH]2)c2ccccc2)oc2ccccc12. The third-order valence-corrected chi connectivity index (χ3v) is 4.51. The van der Waals surface area contributed by atoms with E-state index in [1.165, 1.54) is 0 Å². The number of rotatable bonds is 5. The normalized spacial score (nSPS) is 12.2. The fourth-order valence-electron chi connectivity index (χ4n) is 3.16. The Bertz CT molecular complexity index is 1020. The summed E-state index contributed by atoms with van der Waals surface area (Å²) in [5.41, 5.74) is 2.59. The minimum atomic E-state index is -0.223. The van der Waals surface area contributed by atoms with Gasteiger partial charge in [0.25, 0.3) is 5.91 Å². The molecule has 0 aliphatic heterocycles. The summed E-state index contributed by atoms with van der Waals surface area (Å²) in [6, 6.07) is 17.3. The number of hydrogen-bond donors (Lipinski definition) is 2. The maximum Gasteiger partial charge on any atom is 0.287 e. The van der Waals surface area contributed by atoms with Crippen molar-refractivity contribution in [1.82, 2.24) is 15.3 Å². The Labute approximate surface area is 151 Å². The molecule has 1 unspecified atom stereocenters. The molecule has 0 aliphatic rings. The van der Waals surface area contributed by atoms with Gasteiger partial charge < -0.3 is 14.7 Å². The van der Waals surface area contributed by atoms with Crippen molar-refractivity contribution in [2.45, 2.75) is 19.4 Å². The van der Waals surface area contributed by atoms with Gasteiger partial charge in [-0.25, -0.2) is 4.98 Å². The molecule has 2 heterocycles. The van der Waals surface area contributed by atoms with Gasteiger partial charge in [0.05, 0.1) is 6.04 Å². The molecule has 0 saturated heterocycles. The highest BCUT2D eigenvalue weighted by Crippen LogP contribution is 2.26. The number of H-pyrrole nitrogens is 1. The molecule has 5 nitrogen and oxygen atoms in total. The molecule has 2 N–H and O–H groups in total. The molecule has 5 heteroatoms. The lowest BCUT2D eigenvalue weighted by Gasteiger charge is -2.18. The molecule has 1 atom stereocenters. The van der Waals surface area contributed by atoms with Crippen LogP contribution in [0.25, 0.3) is 11.0 Å². The lowest BCUT2D eigenvalue weighted by molar-refractivity contribution is 0.0909. The zero-order chi connectivity index (χ0) is 17.9. The molecule has 4 rings (SSSR count). The molecular weight excluding hydrogens is 326 g/mol. The average molecular weight is 345 g/mol. The van der Waals surface area contributed by atoms with Crippen molar-refractivity contribution in [2.24, 2.45) is 0 Å². The van der Waals surface area contributed by atoms with E-state index < -0.39 is 0 Å². The van der Waals surface area contributed by atoms with Crippen LogP contribution in [0, 0.1) is 6.92 Å². The molecule has 26 heavy (non-hydrogen) atoms. The first-order valence-electron chi connectivity index (χ1n) is 8.54. The van der Waals surface area contributed by atoms with Gasteiger partial charge in [0, 0.05) is 29.8 Å². The fourth-order valence-corrected chi connectivity index (χ4v) is 3.16. The van der Waals surface area contributed by atoms with Gasteiger partial charge in [-0.1, -0.05) is 48.5 Å². The number of aromatic amines is 1. The molecule has 2 aromatic carbocycles. The van der Waals surface area contributed by atoms with E-state index in [0.29, 0.717) is 12.2 Å². The van der Waals surface area contributed by atoms with Crippen LogP contribution in [0.3, 0.4) is 0 Å². The molecule has 0 bridgehead atoms. The van der Waals surface area contributed by atoms with E-state index in [9.17, 15) is 4.79 Å². The van der Waals surface area contributed by atoms with Gasteiger partial charge in [-0.05, 0) is 18.6 Å². The summed E-state index contributed by atoms with van der Waals surface area (Å²) < 4.78 is 5.80. The highest BCUT2D eigenvalue weighted by atomic mass is 16.3. The lowest BCUT2D eigenvalue weighted by Crippen LogP contribution is -2.30. The van der Waals surface area contributed by atoms with Gasteiger partial charge in [-0.15, -0.1) is 0 Å². The lowest BCUT2D eigenvalue weighted by atomic mass is 10.0. The fraction of sp³-hybridized carbons (Fsp3) is 0.143. The minimum Gasteiger partial charge on any atom is -0.451 e. The summed E-state index contributed by atoms with van der Waals surface area (Å²) in [6.07, 6.45) is 4.06. The number of benzene rings is 2. The molecule has 1 amide bonds. The van der Waals surface area contributed by atoms with E-state index in [1.54, 1.807) is 12.4 Å². The quantitative estimate of drug-likeness (QED) is 0.570. The van der Waals surface area contributed by atoms with Crippen molar-refractivity contribution in [3.8, 4) is 0 Å². The molecule has 0 spiro atoms. The van der Waals surface area contributed by atoms with Gasteiger partial charge >= 0.3 is 0 Å². The van der Waals surface area contributed by atoms with E-state index in [0.717, 1.165) is 27.9 Å². The summed E-state index contributed by atoms with van der Waals surface area (Å²) >= 11 is 0. The van der Waals surface area contributed by atoms with Crippen LogP contribution in [0.5, 0.6) is 0 Å². The van der Waals surface area contributed by atoms with E-state index in [1.807, 2.05) is 61.5 Å². The Morgan fingerprint density at radius 1 is 1.15 bits per heavy atom. The second kappa shape index (κ2) is 6.88. The number of amides is 1. The highest BCUT2D eigenvalue weighted by Gasteiger charge is 2.22. The van der Waals surface area contributed by atoms with Gasteiger partial charge in [0.2, 0.25) is 0 Å². The van der Waals surface area contributed by atoms with Crippen molar-refractivity contribution in [2.75, 3.05) is 0 Å². The Morgan fingerprint density at radius 2 is 1.92 bits per heavy atom. The zero-order valence-electron chi connectivity index (χ0n) is 14.4. The third-order valence-electron chi connectivity index (χ3n) is 4.51. The Balaban J connectivity index is 1.64. The van der Waals surface area contributed by atoms with Crippen LogP contribution in [0.15, 0.2) is 71.4 Å². The predicted octanol–water partition coefficient (Wildman–Crippen LogP) is 4.18. The second-order valence-corrected chi connectivity index (χ2v) is 6.23. The van der Waals surface area contributed by atoms with Crippen LogP contribution in [-0.2, 0) is 6.42 Å². The van der Waals surface area contributed by atoms with Gasteiger partial charge in [-0.3, -0.25) is 4.79 Å². The molecule has 2 aromatic heterocycles. The number of furan rings is 1. The maximum atomic E-state index is 12.9. The van der Waals surface area contributed by atoms with Crippen LogP contribution in [0.1, 0.15) is 33.5 Å². The minimum absolute atomic E-state index is 0.206. The van der Waals surface area contributed by atoms with E-state index in [-0.39, 0.29) is 11.9 Å². The van der Waals surface area contributed by atoms with E-state index in [4.69, 9.17) is 4.42 Å². The third kappa shape index (κ3) is 3.11. The number of aromatic nitrogens is 2. The van der Waals surface area contributed by atoms with Crippen molar-refractivity contribution in [1.29, 1.82) is 0 Å². The summed E-state index contributed by atoms with van der Waals surface area (Å²) in [6.45, 7) is 1.91. The molecular formula is C21H19N3O2. The molecule has 0 aliphatic carbocycles. The number of aryl methyl sites for hydroxylation is 1. The molecule has 0 fully saturated rings. The monoisotopic (exact) mass is 345 g/mol. The van der Waals surface area contributed by atoms with Gasteiger partial charge in [0.15, 0.2) is 5.76 Å². The largest absolute Gasteiger partial charge is 0.451 e. The first kappa shape index (κ1) is 16.1. The number of nitrogens with one attached hydrogen (secondary N) is 2. The predicted molar refractivity (Wildman–Crippen MR) is 99.9 cm³/mol. The standard InChI is InChI=1S/C21H19N3O2/c1-14-16-9-5-6-10-18(16)26-20(14)21(25)24-17(13-19-22-11-12-23-19)15-7-3-2-4-8-15/h2-12,17H,13H2,1H3,(H,22,23)(H,24,25). The number of carbonyl (C=O) groups is 1. The second-order valence-electron chi connectivity index (χ2n) is 6.23. The number of carbonyl (C=O) groups excluding carboxylic acids is 1. The first-order chi connectivity index (χ1) is 12.7. The Hall–Kier alpha value is -3.34. The average Bonchev–Trinajstić information content (AvgIpc) is 3.30. The molecule has 4 aromatic rings. The summed E-state index contributed by atoms with van der Waals surface area (Å²) in [5, 5.41) is 4.06. The summed E-state index contributed by atoms with van der Waals surface area (Å²) in [4.78, 5) is 20.3. The summed E-state index contributed by atoms with van der Waals surface area (Å²) in [5.74, 6) is 0.950. The zero-order valence-corrected chi connectivity index (χ0v) is 14.4. The molecule has 130 valence electrons. The van der Waals surface area contributed by atoms with Crippen molar-refractivity contribution in [3.05, 3.63) is 89.7 Å². The highest BCUT2D eigenvalue weighted by molar-refractivity contribution is 5.99.